The molecule has 8 nitrogen and oxygen atoms in total. The van der Waals surface area contributed by atoms with Gasteiger partial charge in [-0.15, -0.1) is 0 Å². The lowest BCUT2D eigenvalue weighted by Gasteiger charge is -2.24. The van der Waals surface area contributed by atoms with Crippen LogP contribution in [0.25, 0.3) is 16.0 Å². The predicted octanol–water partition coefficient (Wildman–Crippen LogP) is 7.05. The molecule has 0 aliphatic carbocycles. The van der Waals surface area contributed by atoms with E-state index in [-0.39, 0.29) is 16.5 Å². The van der Waals surface area contributed by atoms with Crippen LogP contribution in [-0.2, 0) is 16.2 Å². The average Bonchev–Trinajstić information content (AvgIpc) is 3.57. The molecule has 2 heterocycles. The molecule has 1 atom stereocenters. The minimum absolute atomic E-state index is 0.130. The number of hydrogen-bond acceptors (Lipinski definition) is 8. The summed E-state index contributed by atoms with van der Waals surface area (Å²) in [4.78, 5) is 33.1. The molecule has 1 aliphatic heterocycles. The van der Waals surface area contributed by atoms with Gasteiger partial charge in [-0.05, 0) is 60.5 Å². The lowest BCUT2D eigenvalue weighted by Crippen LogP contribution is -2.29. The summed E-state index contributed by atoms with van der Waals surface area (Å²) >= 11 is 1.07. The Kier molecular flexibility index (Phi) is 7.99. The molecule has 1 unspecified atom stereocenters. The highest BCUT2D eigenvalue weighted by Crippen LogP contribution is 2.46. The maximum Gasteiger partial charge on any atom is 0.301 e. The molecule has 0 saturated carbocycles. The Morgan fingerprint density at radius 1 is 0.955 bits per heavy atom. The summed E-state index contributed by atoms with van der Waals surface area (Å²) in [7, 11) is 1.49. The van der Waals surface area contributed by atoms with Gasteiger partial charge in [-0.3, -0.25) is 14.5 Å². The van der Waals surface area contributed by atoms with Crippen LogP contribution < -0.4 is 19.1 Å². The fraction of sp³-hybridized carbons (Fsp3) is 0.147. The van der Waals surface area contributed by atoms with Crippen molar-refractivity contribution in [3.63, 3.8) is 0 Å². The molecular formula is C34H27FN2O6S. The van der Waals surface area contributed by atoms with Gasteiger partial charge in [0.2, 0.25) is 0 Å². The third-order valence-corrected chi connectivity index (χ3v) is 8.17. The highest BCUT2D eigenvalue weighted by molar-refractivity contribution is 7.22. The second-order valence-electron chi connectivity index (χ2n) is 9.92. The van der Waals surface area contributed by atoms with Crippen LogP contribution in [0.15, 0.2) is 96.6 Å². The summed E-state index contributed by atoms with van der Waals surface area (Å²) < 4.78 is 31.8. The minimum Gasteiger partial charge on any atom is -0.507 e. The Bertz CT molecular complexity index is 1900. The van der Waals surface area contributed by atoms with Gasteiger partial charge in [0.1, 0.15) is 23.9 Å². The van der Waals surface area contributed by atoms with Crippen molar-refractivity contribution >= 4 is 44.1 Å². The molecule has 1 N–H and O–H groups in total. The number of thiazole rings is 1. The average molecular weight is 611 g/mol. The Morgan fingerprint density at radius 3 is 2.55 bits per heavy atom. The van der Waals surface area contributed by atoms with E-state index < -0.39 is 23.5 Å². The van der Waals surface area contributed by atoms with Gasteiger partial charge >= 0.3 is 5.91 Å². The van der Waals surface area contributed by atoms with Crippen LogP contribution in [0.1, 0.15) is 29.7 Å². The zero-order chi connectivity index (χ0) is 30.8. The number of aliphatic hydroxyl groups is 1. The molecule has 10 heteroatoms. The zero-order valence-corrected chi connectivity index (χ0v) is 24.6. The molecular weight excluding hydrogens is 583 g/mol. The third-order valence-electron chi connectivity index (χ3n) is 7.15. The van der Waals surface area contributed by atoms with Crippen LogP contribution in [0.3, 0.4) is 0 Å². The van der Waals surface area contributed by atoms with E-state index in [0.29, 0.717) is 51.8 Å². The van der Waals surface area contributed by atoms with Crippen LogP contribution in [0.2, 0.25) is 0 Å². The van der Waals surface area contributed by atoms with Gasteiger partial charge in [0.05, 0.1) is 35.5 Å². The molecule has 1 fully saturated rings. The van der Waals surface area contributed by atoms with Crippen molar-refractivity contribution in [2.45, 2.75) is 19.6 Å². The third kappa shape index (κ3) is 5.47. The fourth-order valence-electron chi connectivity index (χ4n) is 5.10. The van der Waals surface area contributed by atoms with Gasteiger partial charge < -0.3 is 19.3 Å². The van der Waals surface area contributed by atoms with E-state index >= 15 is 0 Å². The van der Waals surface area contributed by atoms with Crippen LogP contribution in [0, 0.1) is 5.82 Å². The van der Waals surface area contributed by atoms with E-state index in [0.717, 1.165) is 16.9 Å². The number of rotatable bonds is 9. The van der Waals surface area contributed by atoms with E-state index in [9.17, 15) is 19.1 Å². The molecule has 1 saturated heterocycles. The molecule has 5 aromatic rings. The zero-order valence-electron chi connectivity index (χ0n) is 23.8. The second kappa shape index (κ2) is 12.2. The van der Waals surface area contributed by atoms with Gasteiger partial charge in [-0.25, -0.2) is 9.37 Å². The summed E-state index contributed by atoms with van der Waals surface area (Å²) in [6.07, 6.45) is 0. The van der Waals surface area contributed by atoms with Crippen LogP contribution >= 0.6 is 11.3 Å². The number of carbonyl (C=O) groups excluding carboxylic acids is 2. The maximum absolute atomic E-state index is 14.0. The number of carbonyl (C=O) groups is 2. The number of amides is 1. The second-order valence-corrected chi connectivity index (χ2v) is 10.9. The van der Waals surface area contributed by atoms with Gasteiger partial charge in [0, 0.05) is 5.56 Å². The van der Waals surface area contributed by atoms with E-state index in [4.69, 9.17) is 14.2 Å². The summed E-state index contributed by atoms with van der Waals surface area (Å²) in [6.45, 7) is 2.54. The number of ketones is 1. The number of fused-ring (bicyclic) bond motifs is 1. The molecule has 44 heavy (non-hydrogen) atoms. The van der Waals surface area contributed by atoms with Crippen molar-refractivity contribution in [2.75, 3.05) is 18.6 Å². The number of aromatic nitrogens is 1. The molecule has 0 spiro atoms. The predicted molar refractivity (Wildman–Crippen MR) is 166 cm³/mol. The first-order valence-electron chi connectivity index (χ1n) is 13.8. The van der Waals surface area contributed by atoms with Crippen LogP contribution in [0.5, 0.6) is 17.2 Å². The van der Waals surface area contributed by atoms with Crippen molar-refractivity contribution in [1.29, 1.82) is 0 Å². The van der Waals surface area contributed by atoms with E-state index in [1.165, 1.54) is 30.2 Å². The van der Waals surface area contributed by atoms with Crippen LogP contribution in [0.4, 0.5) is 9.52 Å². The number of methoxy groups -OCH3 is 1. The monoisotopic (exact) mass is 610 g/mol. The molecule has 0 bridgehead atoms. The first kappa shape index (κ1) is 28.9. The van der Waals surface area contributed by atoms with Crippen molar-refractivity contribution in [2.24, 2.45) is 0 Å². The number of hydrogen-bond donors (Lipinski definition) is 1. The van der Waals surface area contributed by atoms with E-state index in [1.807, 2.05) is 37.3 Å². The lowest BCUT2D eigenvalue weighted by atomic mass is 9.95. The van der Waals surface area contributed by atoms with Gasteiger partial charge in [-0.1, -0.05) is 59.9 Å². The Labute approximate surface area is 256 Å². The molecule has 1 amide bonds. The van der Waals surface area contributed by atoms with E-state index in [2.05, 4.69) is 4.98 Å². The first-order valence-corrected chi connectivity index (χ1v) is 14.6. The Morgan fingerprint density at radius 2 is 1.77 bits per heavy atom. The minimum atomic E-state index is -1.08. The number of benzene rings is 4. The highest BCUT2D eigenvalue weighted by atomic mass is 32.1. The van der Waals surface area contributed by atoms with Gasteiger partial charge in [0.15, 0.2) is 16.6 Å². The summed E-state index contributed by atoms with van der Waals surface area (Å²) in [6, 6.07) is 24.4. The molecule has 4 aromatic carbocycles. The Balaban J connectivity index is 1.48. The standard InChI is InChI=1S/C34H27FN2O6S/c1-3-42-24-11-7-10-22(16-24)31(38)29-30(21-12-15-26(27(17-21)41-2)43-19-20-8-5-4-6-9-20)37(33(40)32(29)39)34-36-25-14-13-23(35)18-28(25)44-34/h4-18,30,38H,3,19H2,1-2H3. The number of ether oxygens (including phenoxy) is 3. The summed E-state index contributed by atoms with van der Waals surface area (Å²) in [5, 5.41) is 11.8. The Hall–Kier alpha value is -5.22. The summed E-state index contributed by atoms with van der Waals surface area (Å²) in [5.74, 6) is -1.25. The van der Waals surface area contributed by atoms with Crippen molar-refractivity contribution in [3.05, 3.63) is 119 Å². The largest absolute Gasteiger partial charge is 0.507 e. The number of Topliss-reactive ketones (excluding diaryl/α,β-unsaturated/α-hetero) is 1. The highest BCUT2D eigenvalue weighted by Gasteiger charge is 2.48. The van der Waals surface area contributed by atoms with Gasteiger partial charge in [0.25, 0.3) is 5.78 Å². The number of aliphatic hydroxyl groups excluding tert-OH is 1. The first-order chi connectivity index (χ1) is 21.4. The normalized spacial score (nSPS) is 16.0. The topological polar surface area (TPSA) is 98.2 Å². The molecule has 0 radical (unpaired) electrons. The quantitative estimate of drug-likeness (QED) is 0.109. The molecule has 6 rings (SSSR count). The molecule has 1 aliphatic rings. The van der Waals surface area contributed by atoms with Crippen molar-refractivity contribution in [3.8, 4) is 17.2 Å². The fourth-order valence-corrected chi connectivity index (χ4v) is 6.12. The van der Waals surface area contributed by atoms with Gasteiger partial charge in [-0.2, -0.15) is 0 Å². The molecule has 1 aromatic heterocycles. The number of nitrogens with zero attached hydrogens (tertiary/aromatic N) is 2. The number of anilines is 1. The summed E-state index contributed by atoms with van der Waals surface area (Å²) in [5.41, 5.74) is 2.09. The van der Waals surface area contributed by atoms with Crippen molar-refractivity contribution in [1.82, 2.24) is 4.98 Å². The number of halogens is 1. The SMILES string of the molecule is CCOc1cccc(C(O)=C2C(=O)C(=O)N(c3nc4ccc(F)cc4s3)C2c2ccc(OCc3ccccc3)c(OC)c2)c1. The van der Waals surface area contributed by atoms with Crippen molar-refractivity contribution < 1.29 is 33.3 Å². The maximum atomic E-state index is 14.0. The smallest absolute Gasteiger partial charge is 0.301 e. The van der Waals surface area contributed by atoms with Crippen LogP contribution in [-0.4, -0.2) is 35.5 Å². The molecule has 222 valence electrons. The lowest BCUT2D eigenvalue weighted by molar-refractivity contribution is -0.132. The van der Waals surface area contributed by atoms with E-state index in [1.54, 1.807) is 42.5 Å².